The van der Waals surface area contributed by atoms with Gasteiger partial charge in [0.15, 0.2) is 0 Å². The van der Waals surface area contributed by atoms with Crippen molar-refractivity contribution in [2.75, 3.05) is 7.11 Å². The van der Waals surface area contributed by atoms with Gasteiger partial charge in [0.2, 0.25) is 21.7 Å². The van der Waals surface area contributed by atoms with Gasteiger partial charge in [0.05, 0.1) is 18.6 Å². The lowest BCUT2D eigenvalue weighted by molar-refractivity contribution is 0.376. The van der Waals surface area contributed by atoms with Crippen LogP contribution >= 0.6 is 0 Å². The van der Waals surface area contributed by atoms with E-state index in [1.54, 1.807) is 31.4 Å². The number of aromatic nitrogens is 2. The molecule has 166 valence electrons. The second-order valence-electron chi connectivity index (χ2n) is 8.54. The highest BCUT2D eigenvalue weighted by Gasteiger charge is 2.18. The normalized spacial score (nSPS) is 12.2. The summed E-state index contributed by atoms with van der Waals surface area (Å²) in [5, 5.41) is 5.67. The number of methoxy groups -OCH3 is 1. The van der Waals surface area contributed by atoms with Crippen LogP contribution in [-0.2, 0) is 22.0 Å². The number of hydrogen-bond acceptors (Lipinski definition) is 6. The van der Waals surface area contributed by atoms with E-state index < -0.39 is 10.0 Å². The number of sulfonamides is 1. The van der Waals surface area contributed by atoms with E-state index in [-0.39, 0.29) is 22.7 Å². The van der Waals surface area contributed by atoms with Crippen LogP contribution in [0, 0.1) is 0 Å². The lowest BCUT2D eigenvalue weighted by Gasteiger charge is -2.18. The van der Waals surface area contributed by atoms with Crippen LogP contribution in [0.5, 0.6) is 5.75 Å². The van der Waals surface area contributed by atoms with Gasteiger partial charge in [0, 0.05) is 5.56 Å². The second kappa shape index (κ2) is 8.37. The molecule has 1 N–H and O–H groups in total. The molecule has 0 atom stereocenters. The van der Waals surface area contributed by atoms with Gasteiger partial charge < -0.3 is 9.26 Å². The Kier molecular flexibility index (Phi) is 5.75. The summed E-state index contributed by atoms with van der Waals surface area (Å²) in [7, 11) is -2.16. The summed E-state index contributed by atoms with van der Waals surface area (Å²) in [5.41, 5.74) is 2.06. The van der Waals surface area contributed by atoms with Crippen molar-refractivity contribution in [3.05, 3.63) is 72.1 Å². The highest BCUT2D eigenvalue weighted by Crippen LogP contribution is 2.26. The standard InChI is InChI=1S/C24H25N3O4S/c1-24(2,3)19-9-5-16(6-10-19)23-26-22(31-27-23)15-25-32(28,29)21-12-8-17-13-20(30-4)11-7-18(17)14-21/h5-14,25H,15H2,1-4H3. The minimum atomic E-state index is -3.75. The molecule has 1 heterocycles. The molecule has 4 aromatic rings. The van der Waals surface area contributed by atoms with E-state index >= 15 is 0 Å². The van der Waals surface area contributed by atoms with Crippen molar-refractivity contribution in [3.8, 4) is 17.1 Å². The molecule has 0 aliphatic heterocycles. The SMILES string of the molecule is COc1ccc2cc(S(=O)(=O)NCc3nc(-c4ccc(C(C)(C)C)cc4)no3)ccc2c1. The first-order valence-electron chi connectivity index (χ1n) is 10.2. The molecule has 0 aliphatic rings. The van der Waals surface area contributed by atoms with Gasteiger partial charge in [-0.05, 0) is 46.0 Å². The van der Waals surface area contributed by atoms with Gasteiger partial charge >= 0.3 is 0 Å². The van der Waals surface area contributed by atoms with E-state index in [9.17, 15) is 8.42 Å². The Bertz CT molecular complexity index is 1350. The number of rotatable bonds is 6. The minimum absolute atomic E-state index is 0.0497. The maximum absolute atomic E-state index is 12.8. The summed E-state index contributed by atoms with van der Waals surface area (Å²) in [4.78, 5) is 4.48. The van der Waals surface area contributed by atoms with Crippen LogP contribution in [0.15, 0.2) is 70.1 Å². The van der Waals surface area contributed by atoms with Crippen LogP contribution in [0.1, 0.15) is 32.2 Å². The fraction of sp³-hybridized carbons (Fsp3) is 0.250. The van der Waals surface area contributed by atoms with Crippen molar-refractivity contribution < 1.29 is 17.7 Å². The molecule has 0 spiro atoms. The molecular formula is C24H25N3O4S. The first-order chi connectivity index (χ1) is 15.2. The molecule has 0 fully saturated rings. The van der Waals surface area contributed by atoms with Gasteiger partial charge in [0.25, 0.3) is 0 Å². The van der Waals surface area contributed by atoms with Crippen LogP contribution in [0.3, 0.4) is 0 Å². The maximum atomic E-state index is 12.8. The predicted molar refractivity (Wildman–Crippen MR) is 123 cm³/mol. The van der Waals surface area contributed by atoms with Crippen molar-refractivity contribution in [1.29, 1.82) is 0 Å². The third-order valence-electron chi connectivity index (χ3n) is 5.22. The highest BCUT2D eigenvalue weighted by molar-refractivity contribution is 7.89. The number of ether oxygens (including phenoxy) is 1. The molecule has 4 rings (SSSR count). The zero-order valence-corrected chi connectivity index (χ0v) is 19.2. The second-order valence-corrected chi connectivity index (χ2v) is 10.3. The Labute approximate surface area is 187 Å². The Morgan fingerprint density at radius 2 is 1.66 bits per heavy atom. The molecule has 0 saturated heterocycles. The minimum Gasteiger partial charge on any atom is -0.497 e. The third-order valence-corrected chi connectivity index (χ3v) is 6.62. The lowest BCUT2D eigenvalue weighted by Crippen LogP contribution is -2.23. The smallest absolute Gasteiger partial charge is 0.242 e. The topological polar surface area (TPSA) is 94.3 Å². The van der Waals surface area contributed by atoms with Gasteiger partial charge in [-0.25, -0.2) is 13.1 Å². The van der Waals surface area contributed by atoms with Crippen molar-refractivity contribution >= 4 is 20.8 Å². The average Bonchev–Trinajstić information content (AvgIpc) is 3.26. The van der Waals surface area contributed by atoms with Crippen LogP contribution in [0.25, 0.3) is 22.2 Å². The van der Waals surface area contributed by atoms with Gasteiger partial charge in [0.1, 0.15) is 5.75 Å². The molecule has 0 saturated carbocycles. The summed E-state index contributed by atoms with van der Waals surface area (Å²) in [6.45, 7) is 6.34. The van der Waals surface area contributed by atoms with Gasteiger partial charge in [-0.15, -0.1) is 0 Å². The number of nitrogens with zero attached hydrogens (tertiary/aromatic N) is 2. The Hall–Kier alpha value is -3.23. The molecule has 0 amide bonds. The fourth-order valence-corrected chi connectivity index (χ4v) is 4.31. The molecule has 0 aliphatic carbocycles. The molecular weight excluding hydrogens is 426 g/mol. The van der Waals surface area contributed by atoms with E-state index in [0.29, 0.717) is 11.6 Å². The highest BCUT2D eigenvalue weighted by atomic mass is 32.2. The predicted octanol–water partition coefficient (Wildman–Crippen LogP) is 4.67. The Balaban J connectivity index is 1.47. The lowest BCUT2D eigenvalue weighted by atomic mass is 9.87. The Morgan fingerprint density at radius 3 is 2.34 bits per heavy atom. The number of nitrogens with one attached hydrogen (secondary N) is 1. The maximum Gasteiger partial charge on any atom is 0.242 e. The third kappa shape index (κ3) is 4.66. The molecule has 7 nitrogen and oxygen atoms in total. The number of fused-ring (bicyclic) bond motifs is 1. The van der Waals surface area contributed by atoms with E-state index in [1.165, 1.54) is 5.56 Å². The summed E-state index contributed by atoms with van der Waals surface area (Å²) >= 11 is 0. The Morgan fingerprint density at radius 1 is 0.969 bits per heavy atom. The zero-order valence-electron chi connectivity index (χ0n) is 18.4. The zero-order chi connectivity index (χ0) is 22.9. The molecule has 0 bridgehead atoms. The first-order valence-corrected chi connectivity index (χ1v) is 11.6. The van der Waals surface area contributed by atoms with E-state index in [1.807, 2.05) is 36.4 Å². The van der Waals surface area contributed by atoms with Crippen LogP contribution in [0.2, 0.25) is 0 Å². The number of benzene rings is 3. The molecule has 0 radical (unpaired) electrons. The monoisotopic (exact) mass is 451 g/mol. The van der Waals surface area contributed by atoms with Crippen LogP contribution in [0.4, 0.5) is 0 Å². The molecule has 32 heavy (non-hydrogen) atoms. The quantitative estimate of drug-likeness (QED) is 0.458. The van der Waals surface area contributed by atoms with Gasteiger partial charge in [-0.3, -0.25) is 0 Å². The summed E-state index contributed by atoms with van der Waals surface area (Å²) in [6.07, 6.45) is 0. The van der Waals surface area contributed by atoms with Gasteiger partial charge in [-0.2, -0.15) is 4.98 Å². The fourth-order valence-electron chi connectivity index (χ4n) is 3.30. The van der Waals surface area contributed by atoms with Crippen LogP contribution in [-0.4, -0.2) is 25.7 Å². The molecule has 8 heteroatoms. The molecule has 1 aromatic heterocycles. The first kappa shape index (κ1) is 22.0. The summed E-state index contributed by atoms with van der Waals surface area (Å²) in [5.74, 6) is 1.32. The molecule has 3 aromatic carbocycles. The van der Waals surface area contributed by atoms with Crippen LogP contribution < -0.4 is 9.46 Å². The number of hydrogen-bond donors (Lipinski definition) is 1. The van der Waals surface area contributed by atoms with Gasteiger partial charge in [-0.1, -0.05) is 62.3 Å². The van der Waals surface area contributed by atoms with Crippen molar-refractivity contribution in [1.82, 2.24) is 14.9 Å². The van der Waals surface area contributed by atoms with Crippen molar-refractivity contribution in [2.45, 2.75) is 37.6 Å². The summed E-state index contributed by atoms with van der Waals surface area (Å²) < 4.78 is 38.5. The van der Waals surface area contributed by atoms with Crippen molar-refractivity contribution in [3.63, 3.8) is 0 Å². The van der Waals surface area contributed by atoms with E-state index in [4.69, 9.17) is 9.26 Å². The largest absolute Gasteiger partial charge is 0.497 e. The van der Waals surface area contributed by atoms with E-state index in [0.717, 1.165) is 16.3 Å². The summed E-state index contributed by atoms with van der Waals surface area (Å²) in [6, 6.07) is 18.3. The average molecular weight is 452 g/mol. The van der Waals surface area contributed by atoms with Crippen molar-refractivity contribution in [2.24, 2.45) is 0 Å². The van der Waals surface area contributed by atoms with E-state index in [2.05, 4.69) is 35.6 Å². The molecule has 0 unspecified atom stereocenters.